The zero-order valence-electron chi connectivity index (χ0n) is 14.2. The molecule has 0 saturated heterocycles. The molecular formula is C20H18O5. The molecule has 128 valence electrons. The molecule has 0 amide bonds. The molecule has 1 heterocycles. The van der Waals surface area contributed by atoms with Crippen LogP contribution in [0.3, 0.4) is 0 Å². The van der Waals surface area contributed by atoms with Crippen LogP contribution in [0.15, 0.2) is 53.0 Å². The summed E-state index contributed by atoms with van der Waals surface area (Å²) in [6, 6.07) is 13.3. The SMILES string of the molecule is COC(=O)/C=C/c1cc(OC)c2oc(-c3ccccc3OC)cc2c1. The van der Waals surface area contributed by atoms with Gasteiger partial charge in [0.15, 0.2) is 11.3 Å². The van der Waals surface area contributed by atoms with Gasteiger partial charge in [0.1, 0.15) is 11.5 Å². The predicted octanol–water partition coefficient (Wildman–Crippen LogP) is 4.30. The van der Waals surface area contributed by atoms with Gasteiger partial charge in [-0.05, 0) is 42.0 Å². The van der Waals surface area contributed by atoms with E-state index >= 15 is 0 Å². The highest BCUT2D eigenvalue weighted by molar-refractivity contribution is 5.92. The number of carbonyl (C=O) groups excluding carboxylic acids is 1. The molecule has 3 rings (SSSR count). The van der Waals surface area contributed by atoms with Crippen molar-refractivity contribution in [1.29, 1.82) is 0 Å². The monoisotopic (exact) mass is 338 g/mol. The Hall–Kier alpha value is -3.21. The summed E-state index contributed by atoms with van der Waals surface area (Å²) < 4.78 is 21.4. The van der Waals surface area contributed by atoms with E-state index in [2.05, 4.69) is 4.74 Å². The van der Waals surface area contributed by atoms with Gasteiger partial charge in [-0.25, -0.2) is 4.79 Å². The second-order valence-corrected chi connectivity index (χ2v) is 5.31. The number of benzene rings is 2. The Kier molecular flexibility index (Phi) is 4.75. The molecule has 0 radical (unpaired) electrons. The minimum atomic E-state index is -0.416. The van der Waals surface area contributed by atoms with Crippen LogP contribution in [0.25, 0.3) is 28.4 Å². The van der Waals surface area contributed by atoms with Crippen LogP contribution in [0, 0.1) is 0 Å². The van der Waals surface area contributed by atoms with Crippen LogP contribution in [0.4, 0.5) is 0 Å². The van der Waals surface area contributed by atoms with E-state index in [4.69, 9.17) is 13.9 Å². The molecule has 2 aromatic carbocycles. The summed E-state index contributed by atoms with van der Waals surface area (Å²) in [5.41, 5.74) is 2.30. The van der Waals surface area contributed by atoms with E-state index in [1.165, 1.54) is 13.2 Å². The third-order valence-electron chi connectivity index (χ3n) is 3.81. The van der Waals surface area contributed by atoms with Crippen molar-refractivity contribution in [2.75, 3.05) is 21.3 Å². The number of para-hydroxylation sites is 1. The maximum atomic E-state index is 11.3. The topological polar surface area (TPSA) is 57.9 Å². The first-order valence-corrected chi connectivity index (χ1v) is 7.67. The number of carbonyl (C=O) groups is 1. The van der Waals surface area contributed by atoms with Gasteiger partial charge in [-0.2, -0.15) is 0 Å². The van der Waals surface area contributed by atoms with E-state index in [-0.39, 0.29) is 0 Å². The third kappa shape index (κ3) is 3.35. The van der Waals surface area contributed by atoms with Crippen molar-refractivity contribution in [3.63, 3.8) is 0 Å². The van der Waals surface area contributed by atoms with Gasteiger partial charge in [-0.3, -0.25) is 0 Å². The number of methoxy groups -OCH3 is 3. The standard InChI is InChI=1S/C20H18O5/c1-22-16-7-5-4-6-15(16)17-12-14-10-13(8-9-19(21)24-3)11-18(23-2)20(14)25-17/h4-12H,1-3H3/b9-8+. The molecular weight excluding hydrogens is 320 g/mol. The molecule has 0 bridgehead atoms. The van der Waals surface area contributed by atoms with Gasteiger partial charge in [0.05, 0.1) is 26.9 Å². The zero-order chi connectivity index (χ0) is 17.8. The van der Waals surface area contributed by atoms with Crippen molar-refractivity contribution in [1.82, 2.24) is 0 Å². The molecule has 25 heavy (non-hydrogen) atoms. The Morgan fingerprint density at radius 2 is 1.76 bits per heavy atom. The largest absolute Gasteiger partial charge is 0.496 e. The molecule has 5 heteroatoms. The molecule has 0 aliphatic rings. The first kappa shape index (κ1) is 16.6. The number of furan rings is 1. The second-order valence-electron chi connectivity index (χ2n) is 5.31. The van der Waals surface area contributed by atoms with Crippen molar-refractivity contribution in [3.8, 4) is 22.8 Å². The maximum absolute atomic E-state index is 11.3. The first-order valence-electron chi connectivity index (χ1n) is 7.67. The molecule has 3 aromatic rings. The fourth-order valence-corrected chi connectivity index (χ4v) is 2.60. The summed E-state index contributed by atoms with van der Waals surface area (Å²) >= 11 is 0. The fraction of sp³-hybridized carbons (Fsp3) is 0.150. The Bertz CT molecular complexity index is 936. The Morgan fingerprint density at radius 3 is 2.48 bits per heavy atom. The van der Waals surface area contributed by atoms with Gasteiger partial charge in [0.25, 0.3) is 0 Å². The van der Waals surface area contributed by atoms with Gasteiger partial charge in [0, 0.05) is 11.5 Å². The highest BCUT2D eigenvalue weighted by Crippen LogP contribution is 2.38. The lowest BCUT2D eigenvalue weighted by atomic mass is 10.1. The van der Waals surface area contributed by atoms with Gasteiger partial charge < -0.3 is 18.6 Å². The molecule has 0 N–H and O–H groups in total. The highest BCUT2D eigenvalue weighted by Gasteiger charge is 2.14. The van der Waals surface area contributed by atoms with Crippen LogP contribution in [-0.2, 0) is 9.53 Å². The van der Waals surface area contributed by atoms with Crippen LogP contribution < -0.4 is 9.47 Å². The number of hydrogen-bond donors (Lipinski definition) is 0. The van der Waals surface area contributed by atoms with Crippen LogP contribution in [0.2, 0.25) is 0 Å². The van der Waals surface area contributed by atoms with E-state index in [1.807, 2.05) is 36.4 Å². The summed E-state index contributed by atoms with van der Waals surface area (Å²) in [7, 11) is 4.54. The Morgan fingerprint density at radius 1 is 1.00 bits per heavy atom. The van der Waals surface area contributed by atoms with E-state index in [1.54, 1.807) is 26.4 Å². The smallest absolute Gasteiger partial charge is 0.330 e. The molecule has 0 saturated carbocycles. The van der Waals surface area contributed by atoms with Crippen LogP contribution in [-0.4, -0.2) is 27.3 Å². The number of fused-ring (bicyclic) bond motifs is 1. The number of ether oxygens (including phenoxy) is 3. The van der Waals surface area contributed by atoms with Crippen LogP contribution in [0.5, 0.6) is 11.5 Å². The average molecular weight is 338 g/mol. The Balaban J connectivity index is 2.10. The van der Waals surface area contributed by atoms with Gasteiger partial charge in [-0.1, -0.05) is 12.1 Å². The van der Waals surface area contributed by atoms with Crippen LogP contribution >= 0.6 is 0 Å². The van der Waals surface area contributed by atoms with E-state index < -0.39 is 5.97 Å². The predicted molar refractivity (Wildman–Crippen MR) is 95.8 cm³/mol. The Labute approximate surface area is 145 Å². The van der Waals surface area contributed by atoms with Crippen molar-refractivity contribution in [2.45, 2.75) is 0 Å². The summed E-state index contributed by atoms with van der Waals surface area (Å²) in [5, 5.41) is 0.866. The lowest BCUT2D eigenvalue weighted by molar-refractivity contribution is -0.134. The van der Waals surface area contributed by atoms with Crippen molar-refractivity contribution in [3.05, 3.63) is 54.1 Å². The molecule has 0 spiro atoms. The lowest BCUT2D eigenvalue weighted by Gasteiger charge is -2.05. The summed E-state index contributed by atoms with van der Waals surface area (Å²) in [6.45, 7) is 0. The van der Waals surface area contributed by atoms with E-state index in [9.17, 15) is 4.79 Å². The molecule has 0 aliphatic carbocycles. The van der Waals surface area contributed by atoms with Gasteiger partial charge in [-0.15, -0.1) is 0 Å². The molecule has 5 nitrogen and oxygen atoms in total. The first-order chi connectivity index (χ1) is 12.2. The molecule has 0 unspecified atom stereocenters. The molecule has 1 aromatic heterocycles. The van der Waals surface area contributed by atoms with Gasteiger partial charge >= 0.3 is 5.97 Å². The summed E-state index contributed by atoms with van der Waals surface area (Å²) in [6.07, 6.45) is 3.03. The molecule has 0 atom stereocenters. The van der Waals surface area contributed by atoms with E-state index in [0.29, 0.717) is 17.1 Å². The molecule has 0 aliphatic heterocycles. The molecule has 0 fully saturated rings. The van der Waals surface area contributed by atoms with Crippen molar-refractivity contribution < 1.29 is 23.4 Å². The van der Waals surface area contributed by atoms with Crippen LogP contribution in [0.1, 0.15) is 5.56 Å². The lowest BCUT2D eigenvalue weighted by Crippen LogP contribution is -1.93. The van der Waals surface area contributed by atoms with Gasteiger partial charge in [0.2, 0.25) is 0 Å². The quantitative estimate of drug-likeness (QED) is 0.513. The minimum Gasteiger partial charge on any atom is -0.496 e. The summed E-state index contributed by atoms with van der Waals surface area (Å²) in [4.78, 5) is 11.3. The van der Waals surface area contributed by atoms with E-state index in [0.717, 1.165) is 22.3 Å². The maximum Gasteiger partial charge on any atom is 0.330 e. The minimum absolute atomic E-state index is 0.416. The highest BCUT2D eigenvalue weighted by atomic mass is 16.5. The number of rotatable bonds is 5. The summed E-state index contributed by atoms with van der Waals surface area (Å²) in [5.74, 6) is 1.58. The normalized spacial score (nSPS) is 11.0. The number of hydrogen-bond acceptors (Lipinski definition) is 5. The number of esters is 1. The fourth-order valence-electron chi connectivity index (χ4n) is 2.60. The average Bonchev–Trinajstić information content (AvgIpc) is 3.09. The second kappa shape index (κ2) is 7.13. The van der Waals surface area contributed by atoms with Crippen molar-refractivity contribution in [2.24, 2.45) is 0 Å². The zero-order valence-corrected chi connectivity index (χ0v) is 14.2. The van der Waals surface area contributed by atoms with Crippen molar-refractivity contribution >= 4 is 23.0 Å². The third-order valence-corrected chi connectivity index (χ3v) is 3.81.